The molecule has 0 aromatic heterocycles. The fraction of sp³-hybridized carbons (Fsp3) is 0.300. The Morgan fingerprint density at radius 3 is 2.48 bits per heavy atom. The molecule has 2 aromatic carbocycles. The van der Waals surface area contributed by atoms with Crippen LogP contribution in [0, 0.1) is 0 Å². The van der Waals surface area contributed by atoms with Crippen LogP contribution in [0.4, 0.5) is 0 Å². The maximum absolute atomic E-state index is 12.1. The number of amides is 1. The van der Waals surface area contributed by atoms with E-state index < -0.39 is 0 Å². The van der Waals surface area contributed by atoms with E-state index in [1.807, 2.05) is 18.2 Å². The summed E-state index contributed by atoms with van der Waals surface area (Å²) in [5.74, 6) is 0.0185. The lowest BCUT2D eigenvalue weighted by Gasteiger charge is -2.29. The molecule has 7 heteroatoms. The Morgan fingerprint density at radius 1 is 1.07 bits per heavy atom. The predicted molar refractivity (Wildman–Crippen MR) is 105 cm³/mol. The third-order valence-electron chi connectivity index (χ3n) is 4.80. The number of quaternary nitrogens is 2. The summed E-state index contributed by atoms with van der Waals surface area (Å²) in [7, 11) is 0. The number of hydrogen-bond acceptors (Lipinski definition) is 3. The number of nitrogens with zero attached hydrogens (tertiary/aromatic N) is 1. The summed E-state index contributed by atoms with van der Waals surface area (Å²) >= 11 is 6.24. The molecule has 0 aliphatic carbocycles. The van der Waals surface area contributed by atoms with Crippen LogP contribution in [0.15, 0.2) is 53.6 Å². The minimum absolute atomic E-state index is 0.119. The van der Waals surface area contributed by atoms with Crippen LogP contribution in [0.5, 0.6) is 5.75 Å². The molecular weight excluding hydrogens is 364 g/mol. The standard InChI is InChI=1S/C20H23ClN4O2/c21-18-7-3-1-6-17(18)14-24-9-11-25(12-10-24)15-20(27)23-22-13-16-5-2-4-8-19(16)26/h1-8,13,26H,9-12,14-15H2,(H,23,27)/p+2. The summed E-state index contributed by atoms with van der Waals surface area (Å²) in [6, 6.07) is 14.8. The number of nitrogens with one attached hydrogen (secondary N) is 3. The van der Waals surface area contributed by atoms with Crippen LogP contribution in [0.3, 0.4) is 0 Å². The minimum atomic E-state index is -0.119. The van der Waals surface area contributed by atoms with Crippen molar-refractivity contribution in [2.24, 2.45) is 5.10 Å². The number of rotatable bonds is 6. The van der Waals surface area contributed by atoms with E-state index in [1.54, 1.807) is 24.3 Å². The largest absolute Gasteiger partial charge is 0.507 e. The van der Waals surface area contributed by atoms with Crippen LogP contribution < -0.4 is 15.2 Å². The number of phenols is 1. The lowest BCUT2D eigenvalue weighted by Crippen LogP contribution is -3.28. The van der Waals surface area contributed by atoms with E-state index in [1.165, 1.54) is 21.6 Å². The second-order valence-corrected chi connectivity index (χ2v) is 7.20. The molecule has 1 fully saturated rings. The van der Waals surface area contributed by atoms with Gasteiger partial charge in [0, 0.05) is 16.1 Å². The van der Waals surface area contributed by atoms with Crippen molar-refractivity contribution in [3.63, 3.8) is 0 Å². The Hall–Kier alpha value is -2.41. The zero-order valence-corrected chi connectivity index (χ0v) is 15.9. The maximum atomic E-state index is 12.1. The molecular formula is C20H25ClN4O2+2. The van der Waals surface area contributed by atoms with Crippen LogP contribution in [-0.4, -0.2) is 50.0 Å². The number of carbonyl (C=O) groups excluding carboxylic acids is 1. The number of piperazine rings is 1. The quantitative estimate of drug-likeness (QED) is 0.397. The van der Waals surface area contributed by atoms with E-state index in [0.717, 1.165) is 37.7 Å². The molecule has 142 valence electrons. The van der Waals surface area contributed by atoms with Crippen molar-refractivity contribution >= 4 is 23.7 Å². The van der Waals surface area contributed by atoms with E-state index in [0.29, 0.717) is 12.1 Å². The first-order valence-electron chi connectivity index (χ1n) is 9.12. The number of phenolic OH excluding ortho intramolecular Hbond substituents is 1. The van der Waals surface area contributed by atoms with Crippen molar-refractivity contribution in [3.8, 4) is 5.75 Å². The molecule has 0 bridgehead atoms. The first-order valence-corrected chi connectivity index (χ1v) is 9.50. The summed E-state index contributed by atoms with van der Waals surface area (Å²) < 4.78 is 0. The number of hydrazone groups is 1. The molecule has 1 heterocycles. The van der Waals surface area contributed by atoms with Gasteiger partial charge in [0.15, 0.2) is 6.54 Å². The fourth-order valence-electron chi connectivity index (χ4n) is 3.26. The van der Waals surface area contributed by atoms with E-state index >= 15 is 0 Å². The summed E-state index contributed by atoms with van der Waals surface area (Å²) in [5, 5.41) is 14.4. The van der Waals surface area contributed by atoms with Gasteiger partial charge in [-0.25, -0.2) is 5.43 Å². The third kappa shape index (κ3) is 5.79. The Bertz CT molecular complexity index is 804. The molecule has 6 nitrogen and oxygen atoms in total. The van der Waals surface area contributed by atoms with E-state index in [-0.39, 0.29) is 11.7 Å². The van der Waals surface area contributed by atoms with Gasteiger partial charge in [0.25, 0.3) is 5.91 Å². The Morgan fingerprint density at radius 2 is 1.74 bits per heavy atom. The second kappa shape index (κ2) is 9.50. The average molecular weight is 389 g/mol. The number of para-hydroxylation sites is 1. The highest BCUT2D eigenvalue weighted by Gasteiger charge is 2.25. The van der Waals surface area contributed by atoms with Crippen LogP contribution in [0.2, 0.25) is 5.02 Å². The van der Waals surface area contributed by atoms with Crippen molar-refractivity contribution in [1.82, 2.24) is 5.43 Å². The molecule has 1 amide bonds. The number of halogens is 1. The Kier molecular flexibility index (Phi) is 6.81. The first kappa shape index (κ1) is 19.4. The fourth-order valence-corrected chi connectivity index (χ4v) is 3.46. The summed E-state index contributed by atoms with van der Waals surface area (Å²) in [6.07, 6.45) is 1.45. The zero-order valence-electron chi connectivity index (χ0n) is 15.1. The predicted octanol–water partition coefficient (Wildman–Crippen LogP) is -0.521. The molecule has 0 unspecified atom stereocenters. The molecule has 1 saturated heterocycles. The van der Waals surface area contributed by atoms with Gasteiger partial charge in [-0.1, -0.05) is 41.9 Å². The first-order chi connectivity index (χ1) is 13.1. The molecule has 3 rings (SSSR count). The number of benzene rings is 2. The summed E-state index contributed by atoms with van der Waals surface area (Å²) in [5.41, 5.74) is 4.28. The summed E-state index contributed by atoms with van der Waals surface area (Å²) in [6.45, 7) is 5.22. The average Bonchev–Trinajstić information content (AvgIpc) is 2.67. The van der Waals surface area contributed by atoms with E-state index in [4.69, 9.17) is 11.6 Å². The van der Waals surface area contributed by atoms with Gasteiger partial charge in [-0.15, -0.1) is 0 Å². The lowest BCUT2D eigenvalue weighted by molar-refractivity contribution is -1.02. The van der Waals surface area contributed by atoms with Gasteiger partial charge in [-0.3, -0.25) is 4.79 Å². The Balaban J connectivity index is 1.40. The van der Waals surface area contributed by atoms with E-state index in [9.17, 15) is 9.90 Å². The van der Waals surface area contributed by atoms with Gasteiger partial charge in [0.05, 0.1) is 6.21 Å². The van der Waals surface area contributed by atoms with Crippen molar-refractivity contribution in [3.05, 3.63) is 64.7 Å². The molecule has 1 aliphatic heterocycles. The molecule has 2 aromatic rings. The maximum Gasteiger partial charge on any atom is 0.295 e. The van der Waals surface area contributed by atoms with Gasteiger partial charge in [-0.05, 0) is 18.2 Å². The topological polar surface area (TPSA) is 70.6 Å². The van der Waals surface area contributed by atoms with Crippen molar-refractivity contribution in [2.75, 3.05) is 32.7 Å². The van der Waals surface area contributed by atoms with Crippen molar-refractivity contribution in [1.29, 1.82) is 0 Å². The molecule has 0 atom stereocenters. The monoisotopic (exact) mass is 388 g/mol. The smallest absolute Gasteiger partial charge is 0.295 e. The summed E-state index contributed by atoms with van der Waals surface area (Å²) in [4.78, 5) is 14.8. The van der Waals surface area contributed by atoms with Crippen LogP contribution in [-0.2, 0) is 11.3 Å². The van der Waals surface area contributed by atoms with Crippen LogP contribution >= 0.6 is 11.6 Å². The lowest BCUT2D eigenvalue weighted by atomic mass is 10.2. The molecule has 0 spiro atoms. The van der Waals surface area contributed by atoms with Crippen molar-refractivity contribution in [2.45, 2.75) is 6.54 Å². The van der Waals surface area contributed by atoms with Crippen LogP contribution in [0.1, 0.15) is 11.1 Å². The van der Waals surface area contributed by atoms with Gasteiger partial charge >= 0.3 is 0 Å². The molecule has 27 heavy (non-hydrogen) atoms. The highest BCUT2D eigenvalue weighted by molar-refractivity contribution is 6.31. The van der Waals surface area contributed by atoms with Crippen LogP contribution in [0.25, 0.3) is 0 Å². The molecule has 1 aliphatic rings. The molecule has 0 radical (unpaired) electrons. The minimum Gasteiger partial charge on any atom is -0.507 e. The number of hydrogen-bond donors (Lipinski definition) is 4. The van der Waals surface area contributed by atoms with Gasteiger partial charge in [0.2, 0.25) is 0 Å². The van der Waals surface area contributed by atoms with E-state index in [2.05, 4.69) is 16.6 Å². The highest BCUT2D eigenvalue weighted by Crippen LogP contribution is 2.13. The molecule has 4 N–H and O–H groups in total. The highest BCUT2D eigenvalue weighted by atomic mass is 35.5. The number of aromatic hydroxyl groups is 1. The Labute approximate surface area is 164 Å². The normalized spacial score (nSPS) is 19.9. The SMILES string of the molecule is O=C(C[NH+]1CC[NH+](Cc2ccccc2Cl)CC1)NN=Cc1ccccc1O. The molecule has 0 saturated carbocycles. The van der Waals surface area contributed by atoms with Gasteiger partial charge in [-0.2, -0.15) is 5.10 Å². The second-order valence-electron chi connectivity index (χ2n) is 6.80. The third-order valence-corrected chi connectivity index (χ3v) is 5.17. The van der Waals surface area contributed by atoms with Gasteiger partial charge < -0.3 is 14.9 Å². The zero-order chi connectivity index (χ0) is 19.1. The number of carbonyl (C=O) groups is 1. The van der Waals surface area contributed by atoms with Crippen molar-refractivity contribution < 1.29 is 19.7 Å². The van der Waals surface area contributed by atoms with Gasteiger partial charge in [0.1, 0.15) is 38.5 Å².